The van der Waals surface area contributed by atoms with Crippen molar-refractivity contribution in [3.8, 4) is 11.5 Å². The molecule has 4 rings (SSSR count). The SMILES string of the molecule is COc1ccc(CCN(Cc2ccc(C)s2)C(=O)CN(C(=O)Nc2ccc(Cl)cc2Cl)C2CC2)cc1OC. The molecule has 1 saturated carbocycles. The van der Waals surface area contributed by atoms with Crippen LogP contribution >= 0.6 is 34.5 Å². The minimum Gasteiger partial charge on any atom is -0.493 e. The highest BCUT2D eigenvalue weighted by Gasteiger charge is 2.35. The maximum absolute atomic E-state index is 13.6. The Labute approximate surface area is 237 Å². The molecule has 0 unspecified atom stereocenters. The average molecular weight is 577 g/mol. The summed E-state index contributed by atoms with van der Waals surface area (Å²) in [4.78, 5) is 32.5. The van der Waals surface area contributed by atoms with E-state index in [-0.39, 0.29) is 24.5 Å². The summed E-state index contributed by atoms with van der Waals surface area (Å²) in [6.45, 7) is 3.01. The number of rotatable bonds is 11. The largest absolute Gasteiger partial charge is 0.493 e. The second-order valence-corrected chi connectivity index (χ2v) is 11.4. The number of urea groups is 1. The van der Waals surface area contributed by atoms with E-state index in [9.17, 15) is 9.59 Å². The van der Waals surface area contributed by atoms with Gasteiger partial charge in [-0.2, -0.15) is 0 Å². The van der Waals surface area contributed by atoms with Crippen LogP contribution in [0.5, 0.6) is 11.5 Å². The highest BCUT2D eigenvalue weighted by Crippen LogP contribution is 2.31. The highest BCUT2D eigenvalue weighted by molar-refractivity contribution is 7.11. The van der Waals surface area contributed by atoms with Crippen molar-refractivity contribution < 1.29 is 19.1 Å². The van der Waals surface area contributed by atoms with Gasteiger partial charge in [0.05, 0.1) is 31.5 Å². The second-order valence-electron chi connectivity index (χ2n) is 9.18. The van der Waals surface area contributed by atoms with Gasteiger partial charge in [-0.3, -0.25) is 4.79 Å². The number of nitrogens with zero attached hydrogens (tertiary/aromatic N) is 2. The van der Waals surface area contributed by atoms with E-state index in [0.717, 1.165) is 23.3 Å². The number of anilines is 1. The lowest BCUT2D eigenvalue weighted by Gasteiger charge is -2.28. The van der Waals surface area contributed by atoms with Crippen LogP contribution in [-0.4, -0.2) is 55.1 Å². The smallest absolute Gasteiger partial charge is 0.322 e. The van der Waals surface area contributed by atoms with Crippen LogP contribution in [0.2, 0.25) is 10.0 Å². The first-order valence-electron chi connectivity index (χ1n) is 12.3. The quantitative estimate of drug-likeness (QED) is 0.278. The molecule has 1 aromatic heterocycles. The van der Waals surface area contributed by atoms with E-state index in [0.29, 0.717) is 46.7 Å². The summed E-state index contributed by atoms with van der Waals surface area (Å²) in [7, 11) is 3.20. The zero-order valence-electron chi connectivity index (χ0n) is 21.6. The molecule has 0 bridgehead atoms. The van der Waals surface area contributed by atoms with Crippen LogP contribution in [0, 0.1) is 6.92 Å². The molecule has 2 aromatic carbocycles. The molecule has 1 aliphatic carbocycles. The third kappa shape index (κ3) is 7.34. The third-order valence-electron chi connectivity index (χ3n) is 6.34. The van der Waals surface area contributed by atoms with Gasteiger partial charge in [-0.25, -0.2) is 4.79 Å². The molecule has 7 nitrogen and oxygen atoms in total. The fourth-order valence-corrected chi connectivity index (χ4v) is 5.49. The number of methoxy groups -OCH3 is 2. The minimum atomic E-state index is -0.350. The van der Waals surface area contributed by atoms with Gasteiger partial charge in [0, 0.05) is 27.4 Å². The fourth-order valence-electron chi connectivity index (χ4n) is 4.13. The third-order valence-corrected chi connectivity index (χ3v) is 7.87. The molecule has 3 amide bonds. The Morgan fingerprint density at radius 1 is 1.03 bits per heavy atom. The average Bonchev–Trinajstić information content (AvgIpc) is 3.66. The van der Waals surface area contributed by atoms with Crippen LogP contribution in [-0.2, 0) is 17.8 Å². The number of carbonyl (C=O) groups is 2. The molecule has 1 fully saturated rings. The lowest BCUT2D eigenvalue weighted by molar-refractivity contribution is -0.132. The lowest BCUT2D eigenvalue weighted by atomic mass is 10.1. The van der Waals surface area contributed by atoms with Gasteiger partial charge < -0.3 is 24.6 Å². The second kappa shape index (κ2) is 12.7. The maximum atomic E-state index is 13.6. The van der Waals surface area contributed by atoms with Gasteiger partial charge in [0.25, 0.3) is 0 Å². The monoisotopic (exact) mass is 575 g/mol. The van der Waals surface area contributed by atoms with Gasteiger partial charge in [-0.15, -0.1) is 11.3 Å². The van der Waals surface area contributed by atoms with Crippen molar-refractivity contribution in [2.24, 2.45) is 0 Å². The first-order valence-corrected chi connectivity index (χ1v) is 13.9. The van der Waals surface area contributed by atoms with Crippen molar-refractivity contribution in [2.45, 2.75) is 38.8 Å². The summed E-state index contributed by atoms with van der Waals surface area (Å²) in [6.07, 6.45) is 2.36. The topological polar surface area (TPSA) is 71.1 Å². The van der Waals surface area contributed by atoms with E-state index in [1.165, 1.54) is 4.88 Å². The Kier molecular flexibility index (Phi) is 9.41. The van der Waals surface area contributed by atoms with Crippen molar-refractivity contribution in [1.82, 2.24) is 9.80 Å². The van der Waals surface area contributed by atoms with E-state index < -0.39 is 0 Å². The molecule has 0 atom stereocenters. The predicted octanol–water partition coefficient (Wildman–Crippen LogP) is 6.65. The summed E-state index contributed by atoms with van der Waals surface area (Å²) >= 11 is 13.9. The Morgan fingerprint density at radius 3 is 2.42 bits per heavy atom. The standard InChI is InChI=1S/C28H31Cl2N3O4S/c1-18-4-9-22(38-18)16-32(13-12-19-5-11-25(36-2)26(14-19)37-3)27(34)17-33(21-7-8-21)28(35)31-24-10-6-20(29)15-23(24)30/h4-6,9-11,14-15,21H,7-8,12-13,16-17H2,1-3H3,(H,31,35). The number of ether oxygens (including phenoxy) is 2. The number of hydrogen-bond donors (Lipinski definition) is 1. The van der Waals surface area contributed by atoms with Crippen LogP contribution in [0.4, 0.5) is 10.5 Å². The van der Waals surface area contributed by atoms with Gasteiger partial charge in [0.15, 0.2) is 11.5 Å². The van der Waals surface area contributed by atoms with E-state index in [4.69, 9.17) is 32.7 Å². The van der Waals surface area contributed by atoms with Crippen LogP contribution in [0.25, 0.3) is 0 Å². The first-order chi connectivity index (χ1) is 18.3. The number of aryl methyl sites for hydroxylation is 1. The number of amides is 3. The maximum Gasteiger partial charge on any atom is 0.322 e. The molecule has 1 heterocycles. The van der Waals surface area contributed by atoms with E-state index in [1.807, 2.05) is 36.1 Å². The molecule has 0 radical (unpaired) electrons. The van der Waals surface area contributed by atoms with E-state index in [2.05, 4.69) is 11.4 Å². The first kappa shape index (κ1) is 28.1. The van der Waals surface area contributed by atoms with Crippen molar-refractivity contribution >= 4 is 52.2 Å². The Bertz CT molecular complexity index is 1290. The lowest BCUT2D eigenvalue weighted by Crippen LogP contribution is -2.45. The summed E-state index contributed by atoms with van der Waals surface area (Å²) in [5.74, 6) is 1.19. The van der Waals surface area contributed by atoms with Crippen LogP contribution < -0.4 is 14.8 Å². The molecule has 202 valence electrons. The predicted molar refractivity (Wildman–Crippen MR) is 153 cm³/mol. The summed E-state index contributed by atoms with van der Waals surface area (Å²) in [5.41, 5.74) is 1.48. The summed E-state index contributed by atoms with van der Waals surface area (Å²) in [5, 5.41) is 3.67. The number of carbonyl (C=O) groups excluding carboxylic acids is 2. The molecule has 38 heavy (non-hydrogen) atoms. The van der Waals surface area contributed by atoms with Crippen LogP contribution in [0.3, 0.4) is 0 Å². The highest BCUT2D eigenvalue weighted by atomic mass is 35.5. The summed E-state index contributed by atoms with van der Waals surface area (Å²) < 4.78 is 10.8. The molecular formula is C28H31Cl2N3O4S. The van der Waals surface area contributed by atoms with Crippen LogP contribution in [0.15, 0.2) is 48.5 Å². The molecule has 0 spiro atoms. The zero-order valence-corrected chi connectivity index (χ0v) is 24.0. The normalized spacial score (nSPS) is 12.7. The van der Waals surface area contributed by atoms with Crippen molar-refractivity contribution in [3.63, 3.8) is 0 Å². The Morgan fingerprint density at radius 2 is 1.79 bits per heavy atom. The molecule has 0 aliphatic heterocycles. The Balaban J connectivity index is 1.48. The number of hydrogen-bond acceptors (Lipinski definition) is 5. The van der Waals surface area contributed by atoms with Gasteiger partial charge in [0.2, 0.25) is 5.91 Å². The fraction of sp³-hybridized carbons (Fsp3) is 0.357. The number of halogens is 2. The number of nitrogens with one attached hydrogen (secondary N) is 1. The number of benzene rings is 2. The van der Waals surface area contributed by atoms with Gasteiger partial charge >= 0.3 is 6.03 Å². The summed E-state index contributed by atoms with van der Waals surface area (Å²) in [6, 6.07) is 14.4. The van der Waals surface area contributed by atoms with Crippen molar-refractivity contribution in [1.29, 1.82) is 0 Å². The Hall–Kier alpha value is -2.94. The molecular weight excluding hydrogens is 545 g/mol. The van der Waals surface area contributed by atoms with E-state index >= 15 is 0 Å². The van der Waals surface area contributed by atoms with Crippen LogP contribution in [0.1, 0.15) is 28.2 Å². The zero-order chi connectivity index (χ0) is 27.2. The minimum absolute atomic E-state index is 0.0159. The molecule has 0 saturated heterocycles. The molecule has 3 aromatic rings. The molecule has 10 heteroatoms. The molecule has 1 N–H and O–H groups in total. The van der Waals surface area contributed by atoms with Crippen molar-refractivity contribution in [3.05, 3.63) is 73.9 Å². The van der Waals surface area contributed by atoms with Gasteiger partial charge in [0.1, 0.15) is 6.54 Å². The van der Waals surface area contributed by atoms with Crippen molar-refractivity contribution in [2.75, 3.05) is 32.6 Å². The number of thiophene rings is 1. The van der Waals surface area contributed by atoms with E-state index in [1.54, 1.807) is 48.7 Å². The van der Waals surface area contributed by atoms with Gasteiger partial charge in [-0.05, 0) is 74.2 Å². The van der Waals surface area contributed by atoms with Gasteiger partial charge in [-0.1, -0.05) is 29.3 Å². The molecule has 1 aliphatic rings.